The number of aromatic amines is 1. The monoisotopic (exact) mass is 241 g/mol. The van der Waals surface area contributed by atoms with Crippen molar-refractivity contribution >= 4 is 16.9 Å². The Hall–Kier alpha value is -2.02. The molecule has 0 aliphatic carbocycles. The largest absolute Gasteiger partial charge is 0.415 e. The number of hydrogen-bond donors (Lipinski definition) is 2. The summed E-state index contributed by atoms with van der Waals surface area (Å²) in [6.07, 6.45) is -3.53. The third-order valence-corrected chi connectivity index (χ3v) is 2.31. The summed E-state index contributed by atoms with van der Waals surface area (Å²) >= 11 is 0. The molecule has 5 nitrogen and oxygen atoms in total. The van der Waals surface area contributed by atoms with Crippen LogP contribution in [0.4, 0.5) is 8.78 Å². The highest BCUT2D eigenvalue weighted by atomic mass is 19.3. The molecule has 1 amide bonds. The summed E-state index contributed by atoms with van der Waals surface area (Å²) in [5, 5.41) is 0. The van der Waals surface area contributed by atoms with Crippen molar-refractivity contribution < 1.29 is 18.3 Å². The van der Waals surface area contributed by atoms with Gasteiger partial charge in [0.2, 0.25) is 5.82 Å². The first-order valence-electron chi connectivity index (χ1n) is 4.67. The maximum absolute atomic E-state index is 13.2. The molecule has 0 atom stereocenters. The average Bonchev–Trinajstić information content (AvgIpc) is 2.72. The summed E-state index contributed by atoms with van der Waals surface area (Å²) in [5.74, 6) is -1.39. The van der Waals surface area contributed by atoms with Crippen LogP contribution in [-0.2, 0) is 10.8 Å². The van der Waals surface area contributed by atoms with Crippen LogP contribution in [-0.4, -0.2) is 23.0 Å². The minimum atomic E-state index is -3.53. The van der Waals surface area contributed by atoms with Crippen molar-refractivity contribution in [3.05, 3.63) is 29.6 Å². The molecule has 17 heavy (non-hydrogen) atoms. The third kappa shape index (κ3) is 1.84. The van der Waals surface area contributed by atoms with Gasteiger partial charge in [0.15, 0.2) is 0 Å². The van der Waals surface area contributed by atoms with Gasteiger partial charge in [-0.05, 0) is 12.1 Å². The smallest absolute Gasteiger partial charge is 0.366 e. The van der Waals surface area contributed by atoms with Crippen molar-refractivity contribution in [2.75, 3.05) is 7.11 Å². The molecular formula is C10H9F2N3O2. The number of hydrogen-bond acceptors (Lipinski definition) is 3. The van der Waals surface area contributed by atoms with E-state index in [1.54, 1.807) is 0 Å². The number of rotatable bonds is 3. The van der Waals surface area contributed by atoms with E-state index in [1.807, 2.05) is 0 Å². The number of nitrogens with zero attached hydrogens (tertiary/aromatic N) is 1. The molecule has 0 unspecified atom stereocenters. The van der Waals surface area contributed by atoms with Crippen molar-refractivity contribution in [1.29, 1.82) is 0 Å². The van der Waals surface area contributed by atoms with E-state index in [1.165, 1.54) is 18.2 Å². The van der Waals surface area contributed by atoms with E-state index >= 15 is 0 Å². The maximum atomic E-state index is 13.2. The van der Waals surface area contributed by atoms with Crippen LogP contribution in [0.2, 0.25) is 0 Å². The molecule has 0 saturated carbocycles. The summed E-state index contributed by atoms with van der Waals surface area (Å²) in [6.45, 7) is 0. The van der Waals surface area contributed by atoms with Gasteiger partial charge in [0, 0.05) is 7.11 Å². The maximum Gasteiger partial charge on any atom is 0.415 e. The van der Waals surface area contributed by atoms with Gasteiger partial charge in [0.25, 0.3) is 5.91 Å². The number of para-hydroxylation sites is 1. The Morgan fingerprint density at radius 2 is 2.24 bits per heavy atom. The van der Waals surface area contributed by atoms with E-state index in [4.69, 9.17) is 5.73 Å². The van der Waals surface area contributed by atoms with Crippen molar-refractivity contribution in [2.24, 2.45) is 5.73 Å². The first-order chi connectivity index (χ1) is 7.95. The lowest BCUT2D eigenvalue weighted by Crippen LogP contribution is -2.17. The molecule has 0 aliphatic heterocycles. The van der Waals surface area contributed by atoms with Crippen LogP contribution < -0.4 is 5.73 Å². The van der Waals surface area contributed by atoms with Crippen molar-refractivity contribution in [1.82, 2.24) is 9.97 Å². The summed E-state index contributed by atoms with van der Waals surface area (Å²) in [5.41, 5.74) is 5.60. The summed E-state index contributed by atoms with van der Waals surface area (Å²) in [7, 11) is 0.863. The van der Waals surface area contributed by atoms with E-state index in [0.29, 0.717) is 5.52 Å². The number of methoxy groups -OCH3 is 1. The van der Waals surface area contributed by atoms with Gasteiger partial charge in [-0.3, -0.25) is 4.79 Å². The predicted octanol–water partition coefficient (Wildman–Crippen LogP) is 1.36. The van der Waals surface area contributed by atoms with Crippen LogP contribution in [0, 0.1) is 0 Å². The zero-order valence-corrected chi connectivity index (χ0v) is 8.83. The lowest BCUT2D eigenvalue weighted by Gasteiger charge is -2.09. The van der Waals surface area contributed by atoms with Crippen LogP contribution in [0.3, 0.4) is 0 Å². The first-order valence-corrected chi connectivity index (χ1v) is 4.67. The van der Waals surface area contributed by atoms with Crippen molar-refractivity contribution in [2.45, 2.75) is 6.11 Å². The number of carbonyl (C=O) groups is 1. The second-order valence-corrected chi connectivity index (χ2v) is 3.37. The zero-order valence-electron chi connectivity index (χ0n) is 8.83. The van der Waals surface area contributed by atoms with Crippen LogP contribution >= 0.6 is 0 Å². The molecular weight excluding hydrogens is 232 g/mol. The highest BCUT2D eigenvalue weighted by molar-refractivity contribution is 6.04. The fraction of sp³-hybridized carbons (Fsp3) is 0.200. The van der Waals surface area contributed by atoms with Gasteiger partial charge in [-0.1, -0.05) is 6.07 Å². The predicted molar refractivity (Wildman–Crippen MR) is 55.5 cm³/mol. The molecule has 0 bridgehead atoms. The summed E-state index contributed by atoms with van der Waals surface area (Å²) in [4.78, 5) is 17.1. The van der Waals surface area contributed by atoms with E-state index < -0.39 is 17.8 Å². The third-order valence-electron chi connectivity index (χ3n) is 2.31. The molecule has 0 saturated heterocycles. The van der Waals surface area contributed by atoms with Crippen LogP contribution in [0.1, 0.15) is 16.2 Å². The van der Waals surface area contributed by atoms with E-state index in [9.17, 15) is 13.6 Å². The van der Waals surface area contributed by atoms with Gasteiger partial charge < -0.3 is 15.5 Å². The van der Waals surface area contributed by atoms with Gasteiger partial charge in [0.1, 0.15) is 5.52 Å². The molecule has 0 fully saturated rings. The quantitative estimate of drug-likeness (QED) is 0.851. The lowest BCUT2D eigenvalue weighted by atomic mass is 10.2. The Labute approximate surface area is 94.6 Å². The van der Waals surface area contributed by atoms with Gasteiger partial charge in [-0.15, -0.1) is 0 Å². The number of nitrogens with one attached hydrogen (secondary N) is 1. The SMILES string of the molecule is COC(F)(F)c1nc2c(C(N)=O)cccc2[nH]1. The minimum Gasteiger partial charge on any atom is -0.366 e. The van der Waals surface area contributed by atoms with Gasteiger partial charge >= 0.3 is 6.11 Å². The Morgan fingerprint density at radius 3 is 2.82 bits per heavy atom. The van der Waals surface area contributed by atoms with Crippen LogP contribution in [0.5, 0.6) is 0 Å². The van der Waals surface area contributed by atoms with Crippen LogP contribution in [0.15, 0.2) is 18.2 Å². The van der Waals surface area contributed by atoms with Gasteiger partial charge in [-0.25, -0.2) is 4.98 Å². The highest BCUT2D eigenvalue weighted by Crippen LogP contribution is 2.28. The number of nitrogens with two attached hydrogens (primary N) is 1. The summed E-state index contributed by atoms with van der Waals surface area (Å²) < 4.78 is 30.5. The number of benzene rings is 1. The second-order valence-electron chi connectivity index (χ2n) is 3.37. The Morgan fingerprint density at radius 1 is 1.53 bits per heavy atom. The first kappa shape index (κ1) is 11.5. The molecule has 3 N–H and O–H groups in total. The highest BCUT2D eigenvalue weighted by Gasteiger charge is 2.35. The number of halogens is 2. The lowest BCUT2D eigenvalue weighted by molar-refractivity contribution is -0.236. The molecule has 0 aliphatic rings. The fourth-order valence-electron chi connectivity index (χ4n) is 1.47. The zero-order chi connectivity index (χ0) is 12.6. The number of carbonyl (C=O) groups excluding carboxylic acids is 1. The topological polar surface area (TPSA) is 81.0 Å². The Balaban J connectivity index is 2.66. The van der Waals surface area contributed by atoms with E-state index in [2.05, 4.69) is 14.7 Å². The standard InChI is InChI=1S/C10H9F2N3O2/c1-17-10(11,12)9-14-6-4-2-3-5(8(13)16)7(6)15-9/h2-4H,1H3,(H2,13,16)(H,14,15). The number of imidazole rings is 1. The molecule has 7 heteroatoms. The van der Waals surface area contributed by atoms with Crippen molar-refractivity contribution in [3.63, 3.8) is 0 Å². The molecule has 2 rings (SSSR count). The second kappa shape index (κ2) is 3.77. The number of H-pyrrole nitrogens is 1. The molecule has 1 aromatic carbocycles. The number of primary amides is 1. The number of alkyl halides is 2. The number of amides is 1. The number of fused-ring (bicyclic) bond motifs is 1. The normalized spacial score (nSPS) is 11.9. The van der Waals surface area contributed by atoms with E-state index in [0.717, 1.165) is 7.11 Å². The minimum absolute atomic E-state index is 0.0805. The van der Waals surface area contributed by atoms with Crippen LogP contribution in [0.25, 0.3) is 11.0 Å². The Kier molecular flexibility index (Phi) is 2.55. The van der Waals surface area contributed by atoms with Crippen molar-refractivity contribution in [3.8, 4) is 0 Å². The molecule has 2 aromatic rings. The summed E-state index contributed by atoms with van der Waals surface area (Å²) in [6, 6.07) is 4.46. The van der Waals surface area contributed by atoms with E-state index in [-0.39, 0.29) is 11.1 Å². The van der Waals surface area contributed by atoms with Gasteiger partial charge in [0.05, 0.1) is 11.1 Å². The number of ether oxygens (including phenoxy) is 1. The molecule has 1 aromatic heterocycles. The van der Waals surface area contributed by atoms with Gasteiger partial charge in [-0.2, -0.15) is 8.78 Å². The number of aromatic nitrogens is 2. The Bertz CT molecular complexity index is 580. The molecule has 0 spiro atoms. The average molecular weight is 241 g/mol. The fourth-order valence-corrected chi connectivity index (χ4v) is 1.47. The molecule has 1 heterocycles. The molecule has 0 radical (unpaired) electrons. The molecule has 90 valence electrons.